The van der Waals surface area contributed by atoms with Crippen LogP contribution in [0.1, 0.15) is 25.7 Å². The largest absolute Gasteiger partial charge is 0.494 e. The number of carbonyl (C=O) groups excluding carboxylic acids is 2. The minimum Gasteiger partial charge on any atom is -0.494 e. The number of benzene rings is 3. The van der Waals surface area contributed by atoms with Gasteiger partial charge in [0, 0.05) is 23.7 Å². The Bertz CT molecular complexity index is 1150. The highest BCUT2D eigenvalue weighted by Gasteiger charge is 2.25. The molecule has 1 aliphatic rings. The molecule has 0 unspecified atom stereocenters. The molecule has 0 saturated heterocycles. The number of para-hydroxylation sites is 1. The molecule has 0 aromatic heterocycles. The van der Waals surface area contributed by atoms with Crippen LogP contribution >= 0.6 is 11.6 Å². The van der Waals surface area contributed by atoms with Crippen molar-refractivity contribution in [2.24, 2.45) is 0 Å². The number of nitrogens with one attached hydrogen (secondary N) is 1. The van der Waals surface area contributed by atoms with Crippen molar-refractivity contribution in [3.8, 4) is 17.2 Å². The monoisotopic (exact) mass is 508 g/mol. The number of hydrogen-bond donors (Lipinski definition) is 1. The lowest BCUT2D eigenvalue weighted by Gasteiger charge is -2.30. The van der Waals surface area contributed by atoms with Gasteiger partial charge in [0.25, 0.3) is 5.91 Å². The average Bonchev–Trinajstić information content (AvgIpc) is 2.89. The fraction of sp³-hybridized carbons (Fsp3) is 0.286. The Morgan fingerprint density at radius 3 is 2.42 bits per heavy atom. The Hall–Kier alpha value is -3.71. The Balaban J connectivity index is 1.24. The topological polar surface area (TPSA) is 77.1 Å². The van der Waals surface area contributed by atoms with E-state index in [-0.39, 0.29) is 18.4 Å². The number of anilines is 2. The fourth-order valence-corrected chi connectivity index (χ4v) is 3.91. The van der Waals surface area contributed by atoms with Crippen LogP contribution in [-0.2, 0) is 9.59 Å². The summed E-state index contributed by atoms with van der Waals surface area (Å²) in [5, 5.41) is 3.57. The summed E-state index contributed by atoms with van der Waals surface area (Å²) in [5.74, 6) is 1.96. The molecule has 0 atom stereocenters. The van der Waals surface area contributed by atoms with Crippen LogP contribution < -0.4 is 24.4 Å². The van der Waals surface area contributed by atoms with Gasteiger partial charge in [0.05, 0.1) is 18.9 Å². The van der Waals surface area contributed by atoms with E-state index in [2.05, 4.69) is 5.32 Å². The summed E-state index contributed by atoms with van der Waals surface area (Å²) in [6.45, 7) is 1.53. The minimum atomic E-state index is -0.111. The summed E-state index contributed by atoms with van der Waals surface area (Å²) in [4.78, 5) is 26.7. The first-order chi connectivity index (χ1) is 17.6. The number of unbranched alkanes of at least 4 members (excludes halogenated alkanes) is 1. The van der Waals surface area contributed by atoms with E-state index in [4.69, 9.17) is 25.8 Å². The van der Waals surface area contributed by atoms with Crippen LogP contribution in [0.25, 0.3) is 0 Å². The van der Waals surface area contributed by atoms with Crippen LogP contribution in [0.5, 0.6) is 17.2 Å². The standard InChI is InChI=1S/C28H29ClN2O5/c29-21-10-13-24(14-11-21)34-17-5-4-16-31-25-19-22(12-15-26(25)36-20-28(31)33)30-27(32)9-6-18-35-23-7-2-1-3-8-23/h1-3,7-8,10-15,19H,4-6,9,16-18,20H2,(H,30,32). The third-order valence-electron chi connectivity index (χ3n) is 5.60. The van der Waals surface area contributed by atoms with E-state index < -0.39 is 0 Å². The van der Waals surface area contributed by atoms with Gasteiger partial charge in [0.2, 0.25) is 5.91 Å². The third-order valence-corrected chi connectivity index (χ3v) is 5.86. The number of nitrogens with zero attached hydrogens (tertiary/aromatic N) is 1. The van der Waals surface area contributed by atoms with Crippen molar-refractivity contribution >= 4 is 34.8 Å². The van der Waals surface area contributed by atoms with Gasteiger partial charge in [-0.15, -0.1) is 0 Å². The zero-order chi connectivity index (χ0) is 25.2. The molecule has 3 aromatic carbocycles. The van der Waals surface area contributed by atoms with Gasteiger partial charge in [-0.25, -0.2) is 0 Å². The van der Waals surface area contributed by atoms with E-state index in [0.29, 0.717) is 54.7 Å². The highest BCUT2D eigenvalue weighted by molar-refractivity contribution is 6.30. The second-order valence-corrected chi connectivity index (χ2v) is 8.78. The van der Waals surface area contributed by atoms with E-state index in [0.717, 1.165) is 24.3 Å². The average molecular weight is 509 g/mol. The van der Waals surface area contributed by atoms with Crippen molar-refractivity contribution in [1.82, 2.24) is 0 Å². The Kier molecular flexibility index (Phi) is 9.05. The first-order valence-electron chi connectivity index (χ1n) is 12.0. The molecule has 3 aromatic rings. The molecule has 0 spiro atoms. The summed E-state index contributed by atoms with van der Waals surface area (Å²) in [6, 6.07) is 22.1. The molecule has 4 rings (SSSR count). The molecule has 1 N–H and O–H groups in total. The molecule has 36 heavy (non-hydrogen) atoms. The van der Waals surface area contributed by atoms with Crippen molar-refractivity contribution < 1.29 is 23.8 Å². The number of hydrogen-bond acceptors (Lipinski definition) is 5. The molecule has 0 aliphatic carbocycles. The van der Waals surface area contributed by atoms with Gasteiger partial charge < -0.3 is 24.4 Å². The van der Waals surface area contributed by atoms with E-state index in [1.807, 2.05) is 42.5 Å². The number of ether oxygens (including phenoxy) is 3. The van der Waals surface area contributed by atoms with Crippen molar-refractivity contribution in [2.45, 2.75) is 25.7 Å². The summed E-state index contributed by atoms with van der Waals surface area (Å²) in [6.07, 6.45) is 2.47. The molecular formula is C28H29ClN2O5. The van der Waals surface area contributed by atoms with Crippen LogP contribution in [-0.4, -0.2) is 38.2 Å². The van der Waals surface area contributed by atoms with Gasteiger partial charge in [-0.3, -0.25) is 9.59 Å². The maximum atomic E-state index is 12.6. The zero-order valence-corrected chi connectivity index (χ0v) is 20.7. The molecule has 8 heteroatoms. The lowest BCUT2D eigenvalue weighted by Crippen LogP contribution is -2.39. The van der Waals surface area contributed by atoms with Gasteiger partial charge in [-0.05, 0) is 73.9 Å². The molecule has 7 nitrogen and oxygen atoms in total. The van der Waals surface area contributed by atoms with Crippen LogP contribution in [0.15, 0.2) is 72.8 Å². The highest BCUT2D eigenvalue weighted by Crippen LogP contribution is 2.35. The molecule has 2 amide bonds. The SMILES string of the molecule is O=C(CCCOc1ccccc1)Nc1ccc2c(c1)N(CCCCOc1ccc(Cl)cc1)C(=O)CO2. The number of fused-ring (bicyclic) bond motifs is 1. The number of rotatable bonds is 12. The van der Waals surface area contributed by atoms with Crippen molar-refractivity contribution in [3.63, 3.8) is 0 Å². The minimum absolute atomic E-state index is 0.00138. The molecule has 0 bridgehead atoms. The quantitative estimate of drug-likeness (QED) is 0.316. The van der Waals surface area contributed by atoms with Crippen molar-refractivity contribution in [3.05, 3.63) is 77.8 Å². The second-order valence-electron chi connectivity index (χ2n) is 8.34. The molecule has 1 heterocycles. The van der Waals surface area contributed by atoms with Crippen molar-refractivity contribution in [1.29, 1.82) is 0 Å². The Morgan fingerprint density at radius 1 is 0.917 bits per heavy atom. The summed E-state index contributed by atoms with van der Waals surface area (Å²) in [7, 11) is 0. The number of halogens is 1. The van der Waals surface area contributed by atoms with Crippen LogP contribution in [0.3, 0.4) is 0 Å². The Labute approximate surface area is 215 Å². The maximum Gasteiger partial charge on any atom is 0.265 e. The number of amides is 2. The lowest BCUT2D eigenvalue weighted by atomic mass is 10.2. The second kappa shape index (κ2) is 12.8. The molecular weight excluding hydrogens is 480 g/mol. The van der Waals surface area contributed by atoms with E-state index in [1.165, 1.54) is 0 Å². The Morgan fingerprint density at radius 2 is 1.64 bits per heavy atom. The fourth-order valence-electron chi connectivity index (χ4n) is 3.78. The maximum absolute atomic E-state index is 12.6. The predicted octanol–water partition coefficient (Wildman–Crippen LogP) is 5.72. The molecule has 1 aliphatic heterocycles. The van der Waals surface area contributed by atoms with Crippen molar-refractivity contribution in [2.75, 3.05) is 36.6 Å². The first-order valence-corrected chi connectivity index (χ1v) is 12.4. The summed E-state index contributed by atoms with van der Waals surface area (Å²) >= 11 is 5.89. The molecule has 0 fully saturated rings. The molecule has 0 saturated carbocycles. The van der Waals surface area contributed by atoms with Crippen LogP contribution in [0.2, 0.25) is 5.02 Å². The van der Waals surface area contributed by atoms with Crippen LogP contribution in [0, 0.1) is 0 Å². The van der Waals surface area contributed by atoms with E-state index in [9.17, 15) is 9.59 Å². The summed E-state index contributed by atoms with van der Waals surface area (Å²) in [5.41, 5.74) is 1.28. The normalized spacial score (nSPS) is 12.5. The molecule has 188 valence electrons. The van der Waals surface area contributed by atoms with Gasteiger partial charge in [0.1, 0.15) is 17.2 Å². The third kappa shape index (κ3) is 7.39. The van der Waals surface area contributed by atoms with E-state index in [1.54, 1.807) is 35.2 Å². The zero-order valence-electron chi connectivity index (χ0n) is 20.0. The summed E-state index contributed by atoms with van der Waals surface area (Å²) < 4.78 is 17.0. The molecule has 0 radical (unpaired) electrons. The number of carbonyl (C=O) groups is 2. The highest BCUT2D eigenvalue weighted by atomic mass is 35.5. The van der Waals surface area contributed by atoms with E-state index >= 15 is 0 Å². The van der Waals surface area contributed by atoms with Gasteiger partial charge >= 0.3 is 0 Å². The van der Waals surface area contributed by atoms with Crippen LogP contribution in [0.4, 0.5) is 11.4 Å². The predicted molar refractivity (Wildman–Crippen MR) is 140 cm³/mol. The smallest absolute Gasteiger partial charge is 0.265 e. The van der Waals surface area contributed by atoms with Gasteiger partial charge in [-0.2, -0.15) is 0 Å². The first kappa shape index (κ1) is 25.4. The van der Waals surface area contributed by atoms with Gasteiger partial charge in [-0.1, -0.05) is 29.8 Å². The van der Waals surface area contributed by atoms with Gasteiger partial charge in [0.15, 0.2) is 6.61 Å². The lowest BCUT2D eigenvalue weighted by molar-refractivity contribution is -0.121.